The third-order valence-corrected chi connectivity index (χ3v) is 4.31. The number of hydrogen-bond acceptors (Lipinski definition) is 4. The van der Waals surface area contributed by atoms with Gasteiger partial charge in [-0.3, -0.25) is 4.79 Å². The number of methoxy groups -OCH3 is 1. The van der Waals surface area contributed by atoms with E-state index in [1.54, 1.807) is 26.3 Å². The molecule has 0 saturated heterocycles. The summed E-state index contributed by atoms with van der Waals surface area (Å²) in [6, 6.07) is 19.2. The number of aryl methyl sites for hydroxylation is 1. The van der Waals surface area contributed by atoms with Gasteiger partial charge in [-0.1, -0.05) is 30.3 Å². The van der Waals surface area contributed by atoms with E-state index in [2.05, 4.69) is 10.1 Å². The molecule has 0 spiro atoms. The normalized spacial score (nSPS) is 11.5. The molecule has 0 aliphatic carbocycles. The smallest absolute Gasteiger partial charge is 0.282 e. The number of hydrogen-bond donors (Lipinski definition) is 0. The van der Waals surface area contributed by atoms with Crippen LogP contribution in [0.2, 0.25) is 0 Å². The maximum atomic E-state index is 12.6. The highest BCUT2D eigenvalue weighted by Crippen LogP contribution is 2.21. The third kappa shape index (κ3) is 2.84. The summed E-state index contributed by atoms with van der Waals surface area (Å²) in [6.07, 6.45) is 1.68. The summed E-state index contributed by atoms with van der Waals surface area (Å²) >= 11 is 0. The highest BCUT2D eigenvalue weighted by molar-refractivity contribution is 5.91. The number of aromatic nitrogens is 2. The molecule has 4 rings (SSSR count). The minimum Gasteiger partial charge on any atom is -0.497 e. The van der Waals surface area contributed by atoms with E-state index < -0.39 is 0 Å². The van der Waals surface area contributed by atoms with E-state index in [-0.39, 0.29) is 5.56 Å². The van der Waals surface area contributed by atoms with Crippen molar-refractivity contribution in [3.8, 4) is 5.75 Å². The molecular formula is C21H17N3O2. The molecule has 4 aromatic rings. The Morgan fingerprint density at radius 2 is 1.81 bits per heavy atom. The fourth-order valence-electron chi connectivity index (χ4n) is 2.94. The quantitative estimate of drug-likeness (QED) is 0.532. The molecule has 0 unspecified atom stereocenters. The monoisotopic (exact) mass is 343 g/mol. The van der Waals surface area contributed by atoms with Gasteiger partial charge in [0.05, 0.1) is 24.2 Å². The maximum Gasteiger partial charge on any atom is 0.282 e. The topological polar surface area (TPSA) is 56.5 Å². The van der Waals surface area contributed by atoms with E-state index >= 15 is 0 Å². The number of benzene rings is 3. The average molecular weight is 343 g/mol. The Labute approximate surface area is 150 Å². The maximum absolute atomic E-state index is 12.6. The Kier molecular flexibility index (Phi) is 3.97. The van der Waals surface area contributed by atoms with E-state index in [1.165, 1.54) is 4.68 Å². The lowest BCUT2D eigenvalue weighted by molar-refractivity contribution is 0.415. The number of ether oxygens (including phenoxy) is 1. The second-order valence-corrected chi connectivity index (χ2v) is 6.01. The molecule has 0 bridgehead atoms. The summed E-state index contributed by atoms with van der Waals surface area (Å²) in [5, 5.41) is 7.08. The zero-order chi connectivity index (χ0) is 18.1. The van der Waals surface area contributed by atoms with Crippen molar-refractivity contribution in [2.45, 2.75) is 6.92 Å². The van der Waals surface area contributed by atoms with Crippen LogP contribution in [0.3, 0.4) is 0 Å². The largest absolute Gasteiger partial charge is 0.497 e. The second kappa shape index (κ2) is 6.44. The van der Waals surface area contributed by atoms with Crippen molar-refractivity contribution in [2.75, 3.05) is 7.11 Å². The van der Waals surface area contributed by atoms with Crippen LogP contribution in [0.25, 0.3) is 21.7 Å². The van der Waals surface area contributed by atoms with Gasteiger partial charge in [0.15, 0.2) is 0 Å². The molecule has 0 aliphatic heterocycles. The van der Waals surface area contributed by atoms with Crippen molar-refractivity contribution in [2.24, 2.45) is 5.10 Å². The van der Waals surface area contributed by atoms with E-state index in [9.17, 15) is 4.79 Å². The minimum absolute atomic E-state index is 0.171. The van der Waals surface area contributed by atoms with Crippen LogP contribution in [0.5, 0.6) is 5.75 Å². The number of fused-ring (bicyclic) bond motifs is 2. The van der Waals surface area contributed by atoms with Crippen LogP contribution < -0.4 is 10.3 Å². The van der Waals surface area contributed by atoms with E-state index in [0.29, 0.717) is 16.7 Å². The summed E-state index contributed by atoms with van der Waals surface area (Å²) in [4.78, 5) is 17.1. The molecule has 26 heavy (non-hydrogen) atoms. The standard InChI is InChI=1S/C21H17N3O2/c1-14-23-20-6-4-3-5-19(20)21(25)24(14)22-13-15-7-8-17-12-18(26-2)10-9-16(17)11-15/h3-13H,1-2H3/b22-13-. The SMILES string of the molecule is COc1ccc2cc(/C=N\n3c(C)nc4ccccc4c3=O)ccc2c1. The molecule has 0 amide bonds. The predicted molar refractivity (Wildman–Crippen MR) is 104 cm³/mol. The number of rotatable bonds is 3. The van der Waals surface area contributed by atoms with Crippen LogP contribution in [0, 0.1) is 6.92 Å². The van der Waals surface area contributed by atoms with E-state index in [0.717, 1.165) is 22.1 Å². The van der Waals surface area contributed by atoms with Gasteiger partial charge in [0.2, 0.25) is 0 Å². The lowest BCUT2D eigenvalue weighted by Gasteiger charge is -2.06. The van der Waals surface area contributed by atoms with Crippen molar-refractivity contribution in [3.05, 3.63) is 82.4 Å². The Bertz CT molecular complexity index is 1210. The molecule has 0 N–H and O–H groups in total. The first-order chi connectivity index (χ1) is 12.7. The van der Waals surface area contributed by atoms with Crippen molar-refractivity contribution < 1.29 is 4.74 Å². The summed E-state index contributed by atoms with van der Waals surface area (Å²) < 4.78 is 6.58. The first-order valence-corrected chi connectivity index (χ1v) is 8.26. The molecule has 3 aromatic carbocycles. The van der Waals surface area contributed by atoms with Gasteiger partial charge < -0.3 is 4.74 Å². The average Bonchev–Trinajstić information content (AvgIpc) is 2.67. The molecule has 128 valence electrons. The van der Waals surface area contributed by atoms with Crippen LogP contribution in [0.4, 0.5) is 0 Å². The first kappa shape index (κ1) is 16.0. The summed E-state index contributed by atoms with van der Waals surface area (Å²) in [6.45, 7) is 1.78. The molecule has 1 heterocycles. The van der Waals surface area contributed by atoms with E-state index in [1.807, 2.05) is 54.6 Å². The molecule has 0 aliphatic rings. The fraction of sp³-hybridized carbons (Fsp3) is 0.0952. The first-order valence-electron chi connectivity index (χ1n) is 8.26. The van der Waals surface area contributed by atoms with E-state index in [4.69, 9.17) is 4.74 Å². The number of nitrogens with zero attached hydrogens (tertiary/aromatic N) is 3. The van der Waals surface area contributed by atoms with Gasteiger partial charge in [0.1, 0.15) is 11.6 Å². The zero-order valence-corrected chi connectivity index (χ0v) is 14.5. The molecule has 0 fully saturated rings. The summed E-state index contributed by atoms with van der Waals surface area (Å²) in [5.41, 5.74) is 1.41. The third-order valence-electron chi connectivity index (χ3n) is 4.31. The van der Waals surface area contributed by atoms with Crippen LogP contribution in [-0.2, 0) is 0 Å². The molecule has 0 saturated carbocycles. The van der Waals surface area contributed by atoms with Crippen molar-refractivity contribution in [3.63, 3.8) is 0 Å². The van der Waals surface area contributed by atoms with Crippen LogP contribution >= 0.6 is 0 Å². The van der Waals surface area contributed by atoms with Gasteiger partial charge in [-0.05, 0) is 53.6 Å². The molecule has 1 aromatic heterocycles. The molecule has 5 heteroatoms. The highest BCUT2D eigenvalue weighted by atomic mass is 16.5. The number of para-hydroxylation sites is 1. The van der Waals surface area contributed by atoms with Gasteiger partial charge in [-0.25, -0.2) is 4.98 Å². The van der Waals surface area contributed by atoms with Gasteiger partial charge in [-0.2, -0.15) is 9.78 Å². The zero-order valence-electron chi connectivity index (χ0n) is 14.5. The molecule has 0 atom stereocenters. The lowest BCUT2D eigenvalue weighted by atomic mass is 10.1. The van der Waals surface area contributed by atoms with Gasteiger partial charge in [0, 0.05) is 0 Å². The fourth-order valence-corrected chi connectivity index (χ4v) is 2.94. The molecule has 0 radical (unpaired) electrons. The summed E-state index contributed by atoms with van der Waals surface area (Å²) in [7, 11) is 1.65. The Morgan fingerprint density at radius 3 is 2.65 bits per heavy atom. The second-order valence-electron chi connectivity index (χ2n) is 6.01. The van der Waals surface area contributed by atoms with Crippen molar-refractivity contribution in [1.29, 1.82) is 0 Å². The Morgan fingerprint density at radius 1 is 1.04 bits per heavy atom. The Hall–Kier alpha value is -3.47. The Balaban J connectivity index is 1.75. The van der Waals surface area contributed by atoms with Crippen LogP contribution in [0.15, 0.2) is 70.6 Å². The van der Waals surface area contributed by atoms with Crippen molar-refractivity contribution in [1.82, 2.24) is 9.66 Å². The van der Waals surface area contributed by atoms with Crippen LogP contribution in [0.1, 0.15) is 11.4 Å². The lowest BCUT2D eigenvalue weighted by Crippen LogP contribution is -2.20. The van der Waals surface area contributed by atoms with Gasteiger partial charge in [-0.15, -0.1) is 0 Å². The highest BCUT2D eigenvalue weighted by Gasteiger charge is 2.06. The summed E-state index contributed by atoms with van der Waals surface area (Å²) in [5.74, 6) is 1.37. The minimum atomic E-state index is -0.171. The molecular weight excluding hydrogens is 326 g/mol. The van der Waals surface area contributed by atoms with Gasteiger partial charge >= 0.3 is 0 Å². The predicted octanol–water partition coefficient (Wildman–Crippen LogP) is 3.75. The van der Waals surface area contributed by atoms with Crippen LogP contribution in [-0.4, -0.2) is 23.0 Å². The molecule has 5 nitrogen and oxygen atoms in total. The van der Waals surface area contributed by atoms with Gasteiger partial charge in [0.25, 0.3) is 5.56 Å². The van der Waals surface area contributed by atoms with Crippen molar-refractivity contribution >= 4 is 27.9 Å².